The lowest BCUT2D eigenvalue weighted by Crippen LogP contribution is -2.14. The molecule has 3 aromatic rings. The largest absolute Gasteiger partial charge is 0.308 e. The van der Waals surface area contributed by atoms with Gasteiger partial charge < -0.3 is 0 Å². The molecule has 1 heterocycles. The maximum absolute atomic E-state index is 13.2. The van der Waals surface area contributed by atoms with Crippen LogP contribution < -0.4 is 9.60 Å². The van der Waals surface area contributed by atoms with Crippen LogP contribution >= 0.6 is 11.3 Å². The molecular weight excluding hydrogens is 363 g/mol. The van der Waals surface area contributed by atoms with Crippen LogP contribution in [0.5, 0.6) is 0 Å². The van der Waals surface area contributed by atoms with Crippen LogP contribution in [0.15, 0.2) is 46.1 Å². The summed E-state index contributed by atoms with van der Waals surface area (Å²) in [6.07, 6.45) is 0.817. The molecule has 8 heteroatoms. The summed E-state index contributed by atoms with van der Waals surface area (Å²) >= 11 is 1.03. The average Bonchev–Trinajstić information content (AvgIpc) is 2.86. The highest BCUT2D eigenvalue weighted by molar-refractivity contribution is 7.92. The summed E-state index contributed by atoms with van der Waals surface area (Å²) in [6.45, 7) is 4.20. The van der Waals surface area contributed by atoms with E-state index in [2.05, 4.69) is 4.72 Å². The SMILES string of the molecule is CCCn1c(=O)sc2cc(S(=O)(=O)Nc3ccc(F)cc3C)ccc21. The van der Waals surface area contributed by atoms with Gasteiger partial charge in [0.15, 0.2) is 0 Å². The minimum Gasteiger partial charge on any atom is -0.299 e. The molecule has 1 N–H and O–H groups in total. The molecule has 0 saturated heterocycles. The quantitative estimate of drug-likeness (QED) is 0.733. The first-order valence-electron chi connectivity index (χ1n) is 7.74. The Hall–Kier alpha value is -2.19. The molecule has 3 rings (SSSR count). The molecule has 0 aliphatic rings. The van der Waals surface area contributed by atoms with Crippen LogP contribution in [0.1, 0.15) is 18.9 Å². The highest BCUT2D eigenvalue weighted by atomic mass is 32.2. The van der Waals surface area contributed by atoms with Crippen LogP contribution in [0.4, 0.5) is 10.1 Å². The number of fused-ring (bicyclic) bond motifs is 1. The van der Waals surface area contributed by atoms with Crippen LogP contribution in [0.25, 0.3) is 10.2 Å². The first-order chi connectivity index (χ1) is 11.8. The molecule has 5 nitrogen and oxygen atoms in total. The fraction of sp³-hybridized carbons (Fsp3) is 0.235. The summed E-state index contributed by atoms with van der Waals surface area (Å²) in [5.41, 5.74) is 1.54. The molecule has 0 fully saturated rings. The Labute approximate surface area is 148 Å². The van der Waals surface area contributed by atoms with Crippen LogP contribution in [-0.2, 0) is 16.6 Å². The van der Waals surface area contributed by atoms with Gasteiger partial charge in [-0.05, 0) is 55.3 Å². The smallest absolute Gasteiger partial charge is 0.299 e. The minimum atomic E-state index is -3.83. The van der Waals surface area contributed by atoms with Gasteiger partial charge in [-0.15, -0.1) is 0 Å². The maximum atomic E-state index is 13.2. The summed E-state index contributed by atoms with van der Waals surface area (Å²) in [4.78, 5) is 12.0. The second kappa shape index (κ2) is 6.61. The van der Waals surface area contributed by atoms with Gasteiger partial charge in [-0.2, -0.15) is 0 Å². The number of aryl methyl sites for hydroxylation is 2. The highest BCUT2D eigenvalue weighted by Crippen LogP contribution is 2.25. The number of hydrogen-bond donors (Lipinski definition) is 1. The zero-order valence-electron chi connectivity index (χ0n) is 13.7. The normalized spacial score (nSPS) is 11.8. The molecule has 132 valence electrons. The van der Waals surface area contributed by atoms with Crippen molar-refractivity contribution < 1.29 is 12.8 Å². The Bertz CT molecular complexity index is 1100. The lowest BCUT2D eigenvalue weighted by Gasteiger charge is -2.11. The molecule has 2 aromatic carbocycles. The Morgan fingerprint density at radius 3 is 2.64 bits per heavy atom. The van der Waals surface area contributed by atoms with E-state index in [1.165, 1.54) is 30.3 Å². The number of anilines is 1. The van der Waals surface area contributed by atoms with Crippen molar-refractivity contribution in [3.63, 3.8) is 0 Å². The Morgan fingerprint density at radius 2 is 1.96 bits per heavy atom. The van der Waals surface area contributed by atoms with Gasteiger partial charge in [-0.3, -0.25) is 14.1 Å². The zero-order chi connectivity index (χ0) is 18.2. The minimum absolute atomic E-state index is 0.0635. The summed E-state index contributed by atoms with van der Waals surface area (Å²) in [5, 5.41) is 0. The van der Waals surface area contributed by atoms with E-state index in [0.29, 0.717) is 22.5 Å². The van der Waals surface area contributed by atoms with Gasteiger partial charge in [0.25, 0.3) is 10.0 Å². The van der Waals surface area contributed by atoms with Crippen molar-refractivity contribution in [3.05, 3.63) is 57.4 Å². The number of nitrogens with one attached hydrogen (secondary N) is 1. The van der Waals surface area contributed by atoms with Gasteiger partial charge >= 0.3 is 4.87 Å². The van der Waals surface area contributed by atoms with Crippen molar-refractivity contribution in [2.45, 2.75) is 31.7 Å². The number of benzene rings is 2. The van der Waals surface area contributed by atoms with E-state index in [4.69, 9.17) is 0 Å². The summed E-state index contributed by atoms with van der Waals surface area (Å²) in [5.74, 6) is -0.427. The predicted octanol–water partition coefficient (Wildman–Crippen LogP) is 3.72. The van der Waals surface area contributed by atoms with E-state index in [0.717, 1.165) is 23.3 Å². The van der Waals surface area contributed by atoms with E-state index >= 15 is 0 Å². The van der Waals surface area contributed by atoms with Gasteiger partial charge in [-0.1, -0.05) is 18.3 Å². The van der Waals surface area contributed by atoms with E-state index < -0.39 is 15.8 Å². The van der Waals surface area contributed by atoms with Crippen molar-refractivity contribution in [1.29, 1.82) is 0 Å². The molecule has 0 radical (unpaired) electrons. The van der Waals surface area contributed by atoms with E-state index in [-0.39, 0.29) is 9.77 Å². The van der Waals surface area contributed by atoms with Crippen LogP contribution in [0, 0.1) is 12.7 Å². The molecule has 0 amide bonds. The third kappa shape index (κ3) is 3.45. The third-order valence-electron chi connectivity index (χ3n) is 3.83. The second-order valence-corrected chi connectivity index (χ2v) is 8.39. The zero-order valence-corrected chi connectivity index (χ0v) is 15.4. The molecule has 0 unspecified atom stereocenters. The molecule has 0 aliphatic heterocycles. The first kappa shape index (κ1) is 17.6. The standard InChI is InChI=1S/C17H17FN2O3S2/c1-3-8-20-15-7-5-13(10-16(15)24-17(20)21)25(22,23)19-14-6-4-12(18)9-11(14)2/h4-7,9-10,19H,3,8H2,1-2H3. The van der Waals surface area contributed by atoms with Crippen molar-refractivity contribution >= 4 is 37.3 Å². The summed E-state index contributed by atoms with van der Waals surface area (Å²) in [6, 6.07) is 8.46. The van der Waals surface area contributed by atoms with Crippen LogP contribution in [-0.4, -0.2) is 13.0 Å². The van der Waals surface area contributed by atoms with Crippen molar-refractivity contribution in [2.75, 3.05) is 4.72 Å². The maximum Gasteiger partial charge on any atom is 0.308 e. The molecular formula is C17H17FN2O3S2. The van der Waals surface area contributed by atoms with Crippen molar-refractivity contribution in [3.8, 4) is 0 Å². The lowest BCUT2D eigenvalue weighted by molar-refractivity contribution is 0.601. The topological polar surface area (TPSA) is 68.2 Å². The van der Waals surface area contributed by atoms with E-state index in [1.807, 2.05) is 6.92 Å². The number of rotatable bonds is 5. The summed E-state index contributed by atoms with van der Waals surface area (Å²) < 4.78 is 43.1. The van der Waals surface area contributed by atoms with Crippen LogP contribution in [0.2, 0.25) is 0 Å². The van der Waals surface area contributed by atoms with E-state index in [9.17, 15) is 17.6 Å². The molecule has 0 aliphatic carbocycles. The van der Waals surface area contributed by atoms with Crippen LogP contribution in [0.3, 0.4) is 0 Å². The molecule has 1 aromatic heterocycles. The monoisotopic (exact) mass is 380 g/mol. The molecule has 0 bridgehead atoms. The molecule has 0 spiro atoms. The van der Waals surface area contributed by atoms with Crippen molar-refractivity contribution in [2.24, 2.45) is 0 Å². The van der Waals surface area contributed by atoms with Gasteiger partial charge in [0.05, 0.1) is 20.8 Å². The number of sulfonamides is 1. The lowest BCUT2D eigenvalue weighted by atomic mass is 10.2. The number of halogens is 1. The summed E-state index contributed by atoms with van der Waals surface area (Å²) in [7, 11) is -3.83. The predicted molar refractivity (Wildman–Crippen MR) is 98.3 cm³/mol. The molecule has 0 saturated carbocycles. The van der Waals surface area contributed by atoms with Gasteiger partial charge in [-0.25, -0.2) is 12.8 Å². The van der Waals surface area contributed by atoms with Gasteiger partial charge in [0.1, 0.15) is 5.82 Å². The first-order valence-corrected chi connectivity index (χ1v) is 10.0. The Balaban J connectivity index is 2.01. The van der Waals surface area contributed by atoms with Gasteiger partial charge in [0, 0.05) is 6.54 Å². The Kier molecular flexibility index (Phi) is 4.66. The van der Waals surface area contributed by atoms with Crippen molar-refractivity contribution in [1.82, 2.24) is 4.57 Å². The molecule has 25 heavy (non-hydrogen) atoms. The molecule has 0 atom stereocenters. The van der Waals surface area contributed by atoms with Gasteiger partial charge in [0.2, 0.25) is 0 Å². The third-order valence-corrected chi connectivity index (χ3v) is 6.14. The number of nitrogens with zero attached hydrogens (tertiary/aromatic N) is 1. The number of hydrogen-bond acceptors (Lipinski definition) is 4. The second-order valence-electron chi connectivity index (χ2n) is 5.71. The van der Waals surface area contributed by atoms with E-state index in [1.54, 1.807) is 17.6 Å². The fourth-order valence-corrected chi connectivity index (χ4v) is 4.78. The Morgan fingerprint density at radius 1 is 1.20 bits per heavy atom. The number of thiazole rings is 1. The average molecular weight is 380 g/mol. The highest BCUT2D eigenvalue weighted by Gasteiger charge is 2.18. The number of aromatic nitrogens is 1. The fourth-order valence-electron chi connectivity index (χ4n) is 2.59.